The van der Waals surface area contributed by atoms with Gasteiger partial charge < -0.3 is 10.1 Å². The molecule has 1 aromatic rings. The van der Waals surface area contributed by atoms with E-state index in [2.05, 4.69) is 31.3 Å². The molecule has 0 spiro atoms. The lowest BCUT2D eigenvalue weighted by atomic mass is 9.70. The van der Waals surface area contributed by atoms with Crippen LogP contribution in [0.2, 0.25) is 0 Å². The fourth-order valence-electron chi connectivity index (χ4n) is 4.23. The summed E-state index contributed by atoms with van der Waals surface area (Å²) in [6, 6.07) is 7.61. The molecule has 0 aromatic heterocycles. The average Bonchev–Trinajstić information content (AvgIpc) is 3.04. The number of aryl methyl sites for hydroxylation is 1. The lowest BCUT2D eigenvalue weighted by molar-refractivity contribution is -0.0272. The molecule has 3 N–H and O–H groups in total. The number of sulfonamides is 1. The normalized spacial score (nSPS) is 23.8. The zero-order valence-corrected chi connectivity index (χ0v) is 17.0. The van der Waals surface area contributed by atoms with Crippen molar-refractivity contribution in [3.63, 3.8) is 0 Å². The number of nitrogens with zero attached hydrogens (tertiary/aromatic N) is 2. The number of hydrogen-bond acceptors (Lipinski definition) is 5. The fraction of sp³-hybridized carbons (Fsp3) is 0.526. The van der Waals surface area contributed by atoms with Crippen molar-refractivity contribution in [2.24, 2.45) is 10.6 Å². The summed E-state index contributed by atoms with van der Waals surface area (Å²) in [4.78, 5) is 13.1. The summed E-state index contributed by atoms with van der Waals surface area (Å²) >= 11 is 0. The van der Waals surface area contributed by atoms with Gasteiger partial charge in [0.15, 0.2) is 0 Å². The molecule has 2 heterocycles. The standard InChI is InChI=1S/C19H26N4O4S/c1-19(2)9-8-13-6-3-4-7-14(13)16(19)21-18(24)23-12-15(28(20,25)26)17-22(23)10-5-11-27-17/h3-4,6-7,16H,5,8-12H2,1-2H3,(H,21,24)(H2,20,25,26). The SMILES string of the molecule is CC1(C)CCc2ccccc2C1NC(=O)N1CC(S(N)(=O)=O)=C2OCCCN21. The Morgan fingerprint density at radius 2 is 2.07 bits per heavy atom. The van der Waals surface area contributed by atoms with Crippen molar-refractivity contribution in [1.29, 1.82) is 0 Å². The number of urea groups is 1. The maximum absolute atomic E-state index is 13.2. The Labute approximate surface area is 165 Å². The van der Waals surface area contributed by atoms with Crippen LogP contribution < -0.4 is 10.5 Å². The highest BCUT2D eigenvalue weighted by atomic mass is 32.2. The molecule has 1 aromatic carbocycles. The van der Waals surface area contributed by atoms with Gasteiger partial charge in [-0.3, -0.25) is 0 Å². The van der Waals surface area contributed by atoms with Gasteiger partial charge in [-0.15, -0.1) is 0 Å². The van der Waals surface area contributed by atoms with Crippen LogP contribution in [0.1, 0.15) is 43.9 Å². The summed E-state index contributed by atoms with van der Waals surface area (Å²) in [6.07, 6.45) is 2.62. The van der Waals surface area contributed by atoms with Crippen LogP contribution in [0.4, 0.5) is 4.79 Å². The molecule has 0 radical (unpaired) electrons. The summed E-state index contributed by atoms with van der Waals surface area (Å²) in [5.41, 5.74) is 2.22. The molecule has 1 atom stereocenters. The quantitative estimate of drug-likeness (QED) is 0.779. The Kier molecular flexibility index (Phi) is 4.54. The van der Waals surface area contributed by atoms with Crippen molar-refractivity contribution in [1.82, 2.24) is 15.3 Å². The summed E-state index contributed by atoms with van der Waals surface area (Å²) in [6.45, 7) is 5.08. The number of nitrogens with two attached hydrogens (primary N) is 1. The molecule has 152 valence electrons. The van der Waals surface area contributed by atoms with E-state index in [1.165, 1.54) is 10.6 Å². The van der Waals surface area contributed by atoms with Crippen LogP contribution in [-0.4, -0.2) is 44.2 Å². The Morgan fingerprint density at radius 1 is 1.32 bits per heavy atom. The van der Waals surface area contributed by atoms with Crippen molar-refractivity contribution in [2.75, 3.05) is 19.7 Å². The summed E-state index contributed by atoms with van der Waals surface area (Å²) in [7, 11) is -3.95. The van der Waals surface area contributed by atoms with Gasteiger partial charge in [-0.2, -0.15) is 0 Å². The first kappa shape index (κ1) is 19.1. The van der Waals surface area contributed by atoms with Crippen LogP contribution >= 0.6 is 0 Å². The van der Waals surface area contributed by atoms with E-state index < -0.39 is 10.0 Å². The Bertz CT molecular complexity index is 941. The molecular formula is C19H26N4O4S. The summed E-state index contributed by atoms with van der Waals surface area (Å²) in [5, 5.41) is 11.5. The first-order chi connectivity index (χ1) is 13.2. The Balaban J connectivity index is 1.61. The van der Waals surface area contributed by atoms with Gasteiger partial charge in [-0.05, 0) is 29.4 Å². The third kappa shape index (κ3) is 3.22. The fourth-order valence-corrected chi connectivity index (χ4v) is 4.94. The summed E-state index contributed by atoms with van der Waals surface area (Å²) in [5.74, 6) is 0.173. The number of carbonyl (C=O) groups excluding carboxylic acids is 1. The lowest BCUT2D eigenvalue weighted by Crippen LogP contribution is -2.52. The number of fused-ring (bicyclic) bond motifs is 2. The van der Waals surface area contributed by atoms with Crippen LogP contribution in [0.15, 0.2) is 35.1 Å². The molecule has 8 nitrogen and oxygen atoms in total. The van der Waals surface area contributed by atoms with E-state index in [4.69, 9.17) is 9.88 Å². The van der Waals surface area contributed by atoms with Crippen molar-refractivity contribution in [3.8, 4) is 0 Å². The third-order valence-electron chi connectivity index (χ3n) is 5.84. The average molecular weight is 407 g/mol. The van der Waals surface area contributed by atoms with Crippen molar-refractivity contribution in [3.05, 3.63) is 46.2 Å². The Hall–Kier alpha value is -2.26. The molecular weight excluding hydrogens is 380 g/mol. The van der Waals surface area contributed by atoms with Crippen molar-refractivity contribution >= 4 is 16.1 Å². The van der Waals surface area contributed by atoms with E-state index in [9.17, 15) is 13.2 Å². The zero-order chi connectivity index (χ0) is 20.1. The van der Waals surface area contributed by atoms with Crippen LogP contribution in [0.3, 0.4) is 0 Å². The third-order valence-corrected chi connectivity index (χ3v) is 6.83. The van der Waals surface area contributed by atoms with Gasteiger partial charge >= 0.3 is 6.03 Å². The van der Waals surface area contributed by atoms with Gasteiger partial charge in [0.25, 0.3) is 0 Å². The van der Waals surface area contributed by atoms with Crippen molar-refractivity contribution < 1.29 is 17.9 Å². The number of primary sulfonamides is 1. The molecule has 2 aliphatic heterocycles. The van der Waals surface area contributed by atoms with Crippen LogP contribution in [0.25, 0.3) is 0 Å². The Morgan fingerprint density at radius 3 is 2.82 bits per heavy atom. The van der Waals surface area contributed by atoms with E-state index in [-0.39, 0.29) is 34.8 Å². The number of amides is 2. The minimum absolute atomic E-state index is 0.0503. The van der Waals surface area contributed by atoms with Crippen molar-refractivity contribution in [2.45, 2.75) is 39.2 Å². The second kappa shape index (κ2) is 6.66. The monoisotopic (exact) mass is 406 g/mol. The first-order valence-electron chi connectivity index (χ1n) is 9.50. The predicted molar refractivity (Wildman–Crippen MR) is 104 cm³/mol. The molecule has 0 saturated carbocycles. The number of ether oxygens (including phenoxy) is 1. The molecule has 1 saturated heterocycles. The highest BCUT2D eigenvalue weighted by Gasteiger charge is 2.43. The second-order valence-electron chi connectivity index (χ2n) is 8.23. The highest BCUT2D eigenvalue weighted by molar-refractivity contribution is 7.93. The maximum atomic E-state index is 13.2. The minimum atomic E-state index is -3.95. The van der Waals surface area contributed by atoms with Gasteiger partial charge in [-0.1, -0.05) is 38.1 Å². The van der Waals surface area contributed by atoms with Crippen LogP contribution in [-0.2, 0) is 21.2 Å². The molecule has 3 aliphatic rings. The van der Waals surface area contributed by atoms with E-state index in [0.29, 0.717) is 19.6 Å². The molecule has 28 heavy (non-hydrogen) atoms. The van der Waals surface area contributed by atoms with E-state index >= 15 is 0 Å². The number of hydrazine groups is 1. The number of carbonyl (C=O) groups is 1. The minimum Gasteiger partial charge on any atom is -0.477 e. The van der Waals surface area contributed by atoms with Gasteiger partial charge in [0, 0.05) is 13.0 Å². The number of nitrogens with one attached hydrogen (secondary N) is 1. The molecule has 1 aliphatic carbocycles. The number of rotatable bonds is 2. The molecule has 2 amide bonds. The van der Waals surface area contributed by atoms with Gasteiger partial charge in [0.05, 0.1) is 19.2 Å². The van der Waals surface area contributed by atoms with E-state index in [0.717, 1.165) is 18.4 Å². The molecule has 1 unspecified atom stereocenters. The van der Waals surface area contributed by atoms with Crippen LogP contribution in [0, 0.1) is 5.41 Å². The van der Waals surface area contributed by atoms with Gasteiger partial charge in [0.2, 0.25) is 15.9 Å². The second-order valence-corrected chi connectivity index (χ2v) is 9.81. The lowest BCUT2D eigenvalue weighted by Gasteiger charge is -2.42. The molecule has 0 bridgehead atoms. The smallest absolute Gasteiger partial charge is 0.337 e. The van der Waals surface area contributed by atoms with E-state index in [1.807, 2.05) is 12.1 Å². The van der Waals surface area contributed by atoms with Gasteiger partial charge in [-0.25, -0.2) is 28.4 Å². The van der Waals surface area contributed by atoms with Crippen LogP contribution in [0.5, 0.6) is 0 Å². The first-order valence-corrected chi connectivity index (χ1v) is 11.1. The summed E-state index contributed by atoms with van der Waals surface area (Å²) < 4.78 is 29.5. The maximum Gasteiger partial charge on any atom is 0.337 e. The van der Waals surface area contributed by atoms with Gasteiger partial charge in [0.1, 0.15) is 4.91 Å². The topological polar surface area (TPSA) is 105 Å². The highest BCUT2D eigenvalue weighted by Crippen LogP contribution is 2.43. The molecule has 1 fully saturated rings. The number of hydrogen-bond donors (Lipinski definition) is 2. The van der Waals surface area contributed by atoms with E-state index in [1.54, 1.807) is 5.01 Å². The largest absolute Gasteiger partial charge is 0.477 e. The molecule has 4 rings (SSSR count). The predicted octanol–water partition coefficient (Wildman–Crippen LogP) is 1.82. The number of benzene rings is 1. The zero-order valence-electron chi connectivity index (χ0n) is 16.1. The molecule has 9 heteroatoms.